The van der Waals surface area contributed by atoms with E-state index in [9.17, 15) is 13.2 Å². The first-order valence-electron chi connectivity index (χ1n) is 7.05. The molecule has 0 aromatic rings. The predicted molar refractivity (Wildman–Crippen MR) is 74.6 cm³/mol. The Bertz CT molecular complexity index is 447. The Morgan fingerprint density at radius 3 is 2.89 bits per heavy atom. The summed E-state index contributed by atoms with van der Waals surface area (Å²) in [4.78, 5) is 11.8. The van der Waals surface area contributed by atoms with Gasteiger partial charge in [-0.3, -0.25) is 4.79 Å². The van der Waals surface area contributed by atoms with E-state index >= 15 is 0 Å². The molecule has 0 aliphatic carbocycles. The highest BCUT2D eigenvalue weighted by Crippen LogP contribution is 2.39. The number of carbonyl (C=O) groups excluding carboxylic acids is 1. The fourth-order valence-corrected chi connectivity index (χ4v) is 5.54. The first-order valence-corrected chi connectivity index (χ1v) is 8.76. The molecule has 2 atom stereocenters. The molecule has 6 heteroatoms. The predicted octanol–water partition coefficient (Wildman–Crippen LogP) is 0.316. The molecule has 0 aromatic heterocycles. The zero-order valence-corrected chi connectivity index (χ0v) is 12.6. The van der Waals surface area contributed by atoms with Crippen molar-refractivity contribution in [3.63, 3.8) is 0 Å². The molecule has 110 valence electrons. The summed E-state index contributed by atoms with van der Waals surface area (Å²) < 4.78 is 24.3. The first kappa shape index (κ1) is 14.8. The molecule has 1 amide bonds. The first-order chi connectivity index (χ1) is 8.86. The topological polar surface area (TPSA) is 75.3 Å². The van der Waals surface area contributed by atoms with Crippen molar-refractivity contribution < 1.29 is 13.2 Å². The van der Waals surface area contributed by atoms with Crippen LogP contribution in [0.2, 0.25) is 0 Å². The van der Waals surface area contributed by atoms with Crippen LogP contribution in [0.25, 0.3) is 0 Å². The maximum atomic E-state index is 12.1. The minimum Gasteiger partial charge on any atom is -0.355 e. The van der Waals surface area contributed by atoms with Gasteiger partial charge in [-0.2, -0.15) is 0 Å². The Labute approximate surface area is 115 Å². The van der Waals surface area contributed by atoms with Crippen molar-refractivity contribution in [1.82, 2.24) is 10.6 Å². The number of nitrogens with one attached hydrogen (secondary N) is 2. The highest BCUT2D eigenvalue weighted by molar-refractivity contribution is 7.92. The second-order valence-corrected chi connectivity index (χ2v) is 8.63. The Kier molecular flexibility index (Phi) is 4.20. The standard InChI is InChI=1S/C13H24N2O3S/c1-10(2)6-12(16)15-9-13-4-3-5-19(17,18)11(13)7-14-8-13/h10-11,14H,3-9H2,1-2H3,(H,15,16). The lowest BCUT2D eigenvalue weighted by atomic mass is 9.81. The molecule has 0 spiro atoms. The van der Waals surface area contributed by atoms with E-state index in [1.807, 2.05) is 13.8 Å². The fraction of sp³-hybridized carbons (Fsp3) is 0.923. The third kappa shape index (κ3) is 3.11. The van der Waals surface area contributed by atoms with E-state index in [-0.39, 0.29) is 16.6 Å². The number of amides is 1. The van der Waals surface area contributed by atoms with Crippen molar-refractivity contribution in [3.05, 3.63) is 0 Å². The van der Waals surface area contributed by atoms with Crippen molar-refractivity contribution in [2.45, 2.75) is 38.4 Å². The van der Waals surface area contributed by atoms with E-state index < -0.39 is 9.84 Å². The van der Waals surface area contributed by atoms with Gasteiger partial charge >= 0.3 is 0 Å². The van der Waals surface area contributed by atoms with Gasteiger partial charge in [0, 0.05) is 31.5 Å². The number of hydrogen-bond acceptors (Lipinski definition) is 4. The molecule has 0 aromatic carbocycles. The molecule has 2 saturated heterocycles. The van der Waals surface area contributed by atoms with Crippen LogP contribution < -0.4 is 10.6 Å². The summed E-state index contributed by atoms with van der Waals surface area (Å²) in [5.74, 6) is 0.643. The lowest BCUT2D eigenvalue weighted by Crippen LogP contribution is -2.51. The molecule has 2 aliphatic heterocycles. The van der Waals surface area contributed by atoms with Crippen LogP contribution in [0.15, 0.2) is 0 Å². The van der Waals surface area contributed by atoms with Gasteiger partial charge in [-0.1, -0.05) is 13.8 Å². The van der Waals surface area contributed by atoms with Gasteiger partial charge in [0.15, 0.2) is 9.84 Å². The highest BCUT2D eigenvalue weighted by Gasteiger charge is 2.51. The second kappa shape index (κ2) is 5.40. The van der Waals surface area contributed by atoms with Gasteiger partial charge in [0.2, 0.25) is 5.91 Å². The van der Waals surface area contributed by atoms with Crippen molar-refractivity contribution in [2.75, 3.05) is 25.4 Å². The lowest BCUT2D eigenvalue weighted by molar-refractivity contribution is -0.122. The zero-order valence-electron chi connectivity index (χ0n) is 11.7. The largest absolute Gasteiger partial charge is 0.355 e. The summed E-state index contributed by atoms with van der Waals surface area (Å²) >= 11 is 0. The van der Waals surface area contributed by atoms with E-state index in [0.717, 1.165) is 6.42 Å². The molecule has 0 bridgehead atoms. The highest BCUT2D eigenvalue weighted by atomic mass is 32.2. The number of hydrogen-bond donors (Lipinski definition) is 2. The van der Waals surface area contributed by atoms with E-state index in [1.165, 1.54) is 0 Å². The maximum absolute atomic E-state index is 12.1. The molecule has 2 unspecified atom stereocenters. The van der Waals surface area contributed by atoms with Gasteiger partial charge in [0.05, 0.1) is 11.0 Å². The SMILES string of the molecule is CC(C)CC(=O)NCC12CCCS(=O)(=O)C1CNC2. The van der Waals surface area contributed by atoms with Gasteiger partial charge in [0.25, 0.3) is 0 Å². The monoisotopic (exact) mass is 288 g/mol. The summed E-state index contributed by atoms with van der Waals surface area (Å²) in [5, 5.41) is 5.81. The van der Waals surface area contributed by atoms with Gasteiger partial charge in [-0.05, 0) is 18.8 Å². The lowest BCUT2D eigenvalue weighted by Gasteiger charge is -2.38. The van der Waals surface area contributed by atoms with E-state index in [1.54, 1.807) is 0 Å². The summed E-state index contributed by atoms with van der Waals surface area (Å²) in [6, 6.07) is 0. The van der Waals surface area contributed by atoms with E-state index in [4.69, 9.17) is 0 Å². The van der Waals surface area contributed by atoms with E-state index in [0.29, 0.717) is 44.1 Å². The van der Waals surface area contributed by atoms with Crippen LogP contribution in [0.5, 0.6) is 0 Å². The molecule has 5 nitrogen and oxygen atoms in total. The molecule has 0 radical (unpaired) electrons. The van der Waals surface area contributed by atoms with Crippen LogP contribution in [0.4, 0.5) is 0 Å². The Hall–Kier alpha value is -0.620. The molecule has 2 aliphatic rings. The Morgan fingerprint density at radius 1 is 1.47 bits per heavy atom. The Balaban J connectivity index is 2.03. The van der Waals surface area contributed by atoms with Crippen LogP contribution >= 0.6 is 0 Å². The summed E-state index contributed by atoms with van der Waals surface area (Å²) in [5.41, 5.74) is -0.288. The summed E-state index contributed by atoms with van der Waals surface area (Å²) in [7, 11) is -3.00. The van der Waals surface area contributed by atoms with Gasteiger partial charge in [-0.15, -0.1) is 0 Å². The summed E-state index contributed by atoms with van der Waals surface area (Å²) in [6.07, 6.45) is 2.09. The van der Waals surface area contributed by atoms with Gasteiger partial charge < -0.3 is 10.6 Å². The molecule has 19 heavy (non-hydrogen) atoms. The Morgan fingerprint density at radius 2 is 2.21 bits per heavy atom. The molecule has 2 N–H and O–H groups in total. The minimum atomic E-state index is -3.00. The average molecular weight is 288 g/mol. The number of fused-ring (bicyclic) bond motifs is 1. The quantitative estimate of drug-likeness (QED) is 0.781. The van der Waals surface area contributed by atoms with Crippen LogP contribution in [-0.4, -0.2) is 45.0 Å². The van der Waals surface area contributed by atoms with Crippen molar-refractivity contribution in [1.29, 1.82) is 0 Å². The molecule has 2 rings (SSSR count). The zero-order chi connectivity index (χ0) is 14.1. The van der Waals surface area contributed by atoms with Crippen molar-refractivity contribution in [2.24, 2.45) is 11.3 Å². The molecular weight excluding hydrogens is 264 g/mol. The van der Waals surface area contributed by atoms with Crippen LogP contribution in [0.3, 0.4) is 0 Å². The number of rotatable bonds is 4. The van der Waals surface area contributed by atoms with Gasteiger partial charge in [-0.25, -0.2) is 8.42 Å². The minimum absolute atomic E-state index is 0.0259. The maximum Gasteiger partial charge on any atom is 0.220 e. The van der Waals surface area contributed by atoms with Gasteiger partial charge in [0.1, 0.15) is 0 Å². The molecule has 0 saturated carbocycles. The smallest absolute Gasteiger partial charge is 0.220 e. The van der Waals surface area contributed by atoms with Crippen molar-refractivity contribution in [3.8, 4) is 0 Å². The molecule has 2 fully saturated rings. The molecule has 2 heterocycles. The van der Waals surface area contributed by atoms with Crippen LogP contribution in [-0.2, 0) is 14.6 Å². The third-order valence-corrected chi connectivity index (χ3v) is 6.65. The molecular formula is C13H24N2O3S. The average Bonchev–Trinajstić information content (AvgIpc) is 2.71. The normalized spacial score (nSPS) is 33.1. The van der Waals surface area contributed by atoms with Crippen LogP contribution in [0.1, 0.15) is 33.1 Å². The number of carbonyl (C=O) groups is 1. The van der Waals surface area contributed by atoms with Crippen LogP contribution in [0, 0.1) is 11.3 Å². The third-order valence-electron chi connectivity index (χ3n) is 4.26. The summed E-state index contributed by atoms with van der Waals surface area (Å²) in [6.45, 7) is 5.71. The van der Waals surface area contributed by atoms with E-state index in [2.05, 4.69) is 10.6 Å². The van der Waals surface area contributed by atoms with Crippen molar-refractivity contribution >= 4 is 15.7 Å². The number of sulfone groups is 1. The second-order valence-electron chi connectivity index (χ2n) is 6.33. The fourth-order valence-electron chi connectivity index (χ4n) is 3.29.